The van der Waals surface area contributed by atoms with Gasteiger partial charge in [0.1, 0.15) is 11.5 Å². The molecule has 3 heteroatoms. The molecule has 1 aliphatic rings. The van der Waals surface area contributed by atoms with Gasteiger partial charge in [0.15, 0.2) is 0 Å². The van der Waals surface area contributed by atoms with E-state index < -0.39 is 6.10 Å². The molecule has 0 fully saturated rings. The molecule has 1 aromatic rings. The van der Waals surface area contributed by atoms with Gasteiger partial charge in [0, 0.05) is 6.42 Å². The minimum Gasteiger partial charge on any atom is -0.496 e. The van der Waals surface area contributed by atoms with Crippen molar-refractivity contribution in [2.75, 3.05) is 7.11 Å². The topological polar surface area (TPSA) is 38.7 Å². The molecule has 0 saturated heterocycles. The molecule has 1 heterocycles. The number of ether oxygens (including phenoxy) is 2. The molecule has 1 N–H and O–H groups in total. The van der Waals surface area contributed by atoms with E-state index in [9.17, 15) is 5.11 Å². The normalized spacial score (nSPS) is 25.1. The molecule has 0 aliphatic carbocycles. The van der Waals surface area contributed by atoms with E-state index in [-0.39, 0.29) is 6.10 Å². The van der Waals surface area contributed by atoms with Crippen molar-refractivity contribution in [2.45, 2.75) is 25.6 Å². The highest BCUT2D eigenvalue weighted by Gasteiger charge is 2.26. The Bertz CT molecular complexity index is 335. The van der Waals surface area contributed by atoms with E-state index in [1.807, 2.05) is 25.1 Å². The lowest BCUT2D eigenvalue weighted by molar-refractivity contribution is 0.0723. The Labute approximate surface area is 83.3 Å². The van der Waals surface area contributed by atoms with Crippen molar-refractivity contribution in [3.63, 3.8) is 0 Å². The molecule has 0 saturated carbocycles. The van der Waals surface area contributed by atoms with Crippen LogP contribution in [-0.4, -0.2) is 18.3 Å². The number of aliphatic hydroxyl groups excluding tert-OH is 1. The van der Waals surface area contributed by atoms with Crippen molar-refractivity contribution < 1.29 is 14.6 Å². The standard InChI is InChI=1S/C11H14O3/c1-7-6-8(12)11-9(13-2)4-3-5-10(11)14-7/h3-5,7-8,12H,6H2,1-2H3. The lowest BCUT2D eigenvalue weighted by atomic mass is 9.99. The van der Waals surface area contributed by atoms with Crippen LogP contribution in [0.5, 0.6) is 11.5 Å². The van der Waals surface area contributed by atoms with Gasteiger partial charge in [0.2, 0.25) is 0 Å². The van der Waals surface area contributed by atoms with Gasteiger partial charge in [-0.2, -0.15) is 0 Å². The molecular formula is C11H14O3. The van der Waals surface area contributed by atoms with Crippen LogP contribution in [0.2, 0.25) is 0 Å². The maximum absolute atomic E-state index is 9.88. The van der Waals surface area contributed by atoms with Crippen molar-refractivity contribution in [1.82, 2.24) is 0 Å². The highest BCUT2D eigenvalue weighted by atomic mass is 16.5. The van der Waals surface area contributed by atoms with Gasteiger partial charge in [-0.3, -0.25) is 0 Å². The zero-order chi connectivity index (χ0) is 10.1. The van der Waals surface area contributed by atoms with E-state index in [4.69, 9.17) is 9.47 Å². The number of methoxy groups -OCH3 is 1. The van der Waals surface area contributed by atoms with Gasteiger partial charge >= 0.3 is 0 Å². The van der Waals surface area contributed by atoms with Crippen molar-refractivity contribution >= 4 is 0 Å². The van der Waals surface area contributed by atoms with Crippen molar-refractivity contribution in [1.29, 1.82) is 0 Å². The third-order valence-electron chi connectivity index (χ3n) is 2.46. The van der Waals surface area contributed by atoms with Crippen LogP contribution in [0.25, 0.3) is 0 Å². The number of benzene rings is 1. The maximum Gasteiger partial charge on any atom is 0.129 e. The summed E-state index contributed by atoms with van der Waals surface area (Å²) < 4.78 is 10.8. The summed E-state index contributed by atoms with van der Waals surface area (Å²) >= 11 is 0. The first-order valence-electron chi connectivity index (χ1n) is 4.74. The molecule has 0 spiro atoms. The third kappa shape index (κ3) is 1.44. The molecule has 76 valence electrons. The average molecular weight is 194 g/mol. The summed E-state index contributed by atoms with van der Waals surface area (Å²) in [6, 6.07) is 5.56. The first kappa shape index (κ1) is 9.34. The number of hydrogen-bond acceptors (Lipinski definition) is 3. The van der Waals surface area contributed by atoms with Gasteiger partial charge in [0.25, 0.3) is 0 Å². The molecule has 2 unspecified atom stereocenters. The smallest absolute Gasteiger partial charge is 0.129 e. The summed E-state index contributed by atoms with van der Waals surface area (Å²) in [5.74, 6) is 1.43. The molecule has 1 aliphatic heterocycles. The van der Waals surface area contributed by atoms with E-state index in [1.54, 1.807) is 7.11 Å². The Balaban J connectivity index is 2.47. The van der Waals surface area contributed by atoms with Gasteiger partial charge in [-0.15, -0.1) is 0 Å². The fraction of sp³-hybridized carbons (Fsp3) is 0.455. The fourth-order valence-electron chi connectivity index (χ4n) is 1.83. The highest BCUT2D eigenvalue weighted by Crippen LogP contribution is 2.40. The van der Waals surface area contributed by atoms with Crippen LogP contribution in [0, 0.1) is 0 Å². The molecule has 0 bridgehead atoms. The lowest BCUT2D eigenvalue weighted by Crippen LogP contribution is -2.22. The van der Waals surface area contributed by atoms with E-state index >= 15 is 0 Å². The second-order valence-electron chi connectivity index (χ2n) is 3.55. The maximum atomic E-state index is 9.88. The monoisotopic (exact) mass is 194 g/mol. The Hall–Kier alpha value is -1.22. The van der Waals surface area contributed by atoms with Crippen LogP contribution in [0.3, 0.4) is 0 Å². The molecule has 14 heavy (non-hydrogen) atoms. The van der Waals surface area contributed by atoms with Crippen molar-refractivity contribution in [2.24, 2.45) is 0 Å². The predicted molar refractivity (Wildman–Crippen MR) is 52.7 cm³/mol. The summed E-state index contributed by atoms with van der Waals surface area (Å²) in [7, 11) is 1.60. The molecule has 1 aromatic carbocycles. The second kappa shape index (κ2) is 3.50. The number of rotatable bonds is 1. The van der Waals surface area contributed by atoms with Gasteiger partial charge in [-0.25, -0.2) is 0 Å². The van der Waals surface area contributed by atoms with E-state index in [0.717, 1.165) is 11.3 Å². The van der Waals surface area contributed by atoms with Crippen LogP contribution in [-0.2, 0) is 0 Å². The van der Waals surface area contributed by atoms with Crippen LogP contribution in [0.1, 0.15) is 25.0 Å². The van der Waals surface area contributed by atoms with Crippen LogP contribution in [0.15, 0.2) is 18.2 Å². The summed E-state index contributed by atoms with van der Waals surface area (Å²) in [5.41, 5.74) is 0.771. The van der Waals surface area contributed by atoms with Gasteiger partial charge in [-0.05, 0) is 19.1 Å². The van der Waals surface area contributed by atoms with Crippen LogP contribution in [0.4, 0.5) is 0 Å². The lowest BCUT2D eigenvalue weighted by Gasteiger charge is -2.28. The third-order valence-corrected chi connectivity index (χ3v) is 2.46. The molecule has 3 nitrogen and oxygen atoms in total. The Morgan fingerprint density at radius 1 is 1.50 bits per heavy atom. The summed E-state index contributed by atoms with van der Waals surface area (Å²) in [4.78, 5) is 0. The summed E-state index contributed by atoms with van der Waals surface area (Å²) in [5, 5.41) is 9.88. The molecule has 0 amide bonds. The number of fused-ring (bicyclic) bond motifs is 1. The molecule has 2 atom stereocenters. The largest absolute Gasteiger partial charge is 0.496 e. The Kier molecular flexibility index (Phi) is 2.33. The molecular weight excluding hydrogens is 180 g/mol. The van der Waals surface area contributed by atoms with Gasteiger partial charge < -0.3 is 14.6 Å². The van der Waals surface area contributed by atoms with Gasteiger partial charge in [-0.1, -0.05) is 6.07 Å². The zero-order valence-corrected chi connectivity index (χ0v) is 8.36. The quantitative estimate of drug-likeness (QED) is 0.742. The van der Waals surface area contributed by atoms with E-state index in [2.05, 4.69) is 0 Å². The predicted octanol–water partition coefficient (Wildman–Crippen LogP) is 1.90. The van der Waals surface area contributed by atoms with E-state index in [0.29, 0.717) is 12.2 Å². The number of hydrogen-bond donors (Lipinski definition) is 1. The first-order valence-corrected chi connectivity index (χ1v) is 4.74. The van der Waals surface area contributed by atoms with E-state index in [1.165, 1.54) is 0 Å². The highest BCUT2D eigenvalue weighted by molar-refractivity contribution is 5.47. The Morgan fingerprint density at radius 2 is 2.29 bits per heavy atom. The first-order chi connectivity index (χ1) is 6.72. The van der Waals surface area contributed by atoms with Crippen LogP contribution >= 0.6 is 0 Å². The van der Waals surface area contributed by atoms with Crippen molar-refractivity contribution in [3.8, 4) is 11.5 Å². The average Bonchev–Trinajstić information content (AvgIpc) is 2.16. The van der Waals surface area contributed by atoms with Crippen molar-refractivity contribution in [3.05, 3.63) is 23.8 Å². The fourth-order valence-corrected chi connectivity index (χ4v) is 1.83. The molecule has 0 radical (unpaired) electrons. The molecule has 2 rings (SSSR count). The summed E-state index contributed by atoms with van der Waals surface area (Å²) in [6.07, 6.45) is 0.197. The minimum atomic E-state index is -0.482. The summed E-state index contributed by atoms with van der Waals surface area (Å²) in [6.45, 7) is 1.95. The van der Waals surface area contributed by atoms with Crippen LogP contribution < -0.4 is 9.47 Å². The Morgan fingerprint density at radius 3 is 3.00 bits per heavy atom. The van der Waals surface area contributed by atoms with Gasteiger partial charge in [0.05, 0.1) is 24.9 Å². The second-order valence-corrected chi connectivity index (χ2v) is 3.55. The number of aliphatic hydroxyl groups is 1. The zero-order valence-electron chi connectivity index (χ0n) is 8.36. The SMILES string of the molecule is COc1cccc2c1C(O)CC(C)O2. The minimum absolute atomic E-state index is 0.0598. The molecule has 0 aromatic heterocycles.